The van der Waals surface area contributed by atoms with Crippen LogP contribution in [0, 0.1) is 0 Å². The summed E-state index contributed by atoms with van der Waals surface area (Å²) in [6, 6.07) is 18.4. The Balaban J connectivity index is 1.75. The van der Waals surface area contributed by atoms with Crippen LogP contribution in [0.3, 0.4) is 0 Å². The van der Waals surface area contributed by atoms with E-state index in [0.717, 1.165) is 32.5 Å². The van der Waals surface area contributed by atoms with Crippen molar-refractivity contribution in [1.82, 2.24) is 4.98 Å². The van der Waals surface area contributed by atoms with Gasteiger partial charge in [-0.2, -0.15) is 0 Å². The minimum absolute atomic E-state index is 0.790. The molecule has 0 bridgehead atoms. The molecule has 2 aromatic carbocycles. The van der Waals surface area contributed by atoms with Crippen LogP contribution in [0.1, 0.15) is 0 Å². The second-order valence-corrected chi connectivity index (χ2v) is 7.33. The van der Waals surface area contributed by atoms with E-state index < -0.39 is 0 Å². The van der Waals surface area contributed by atoms with Gasteiger partial charge >= 0.3 is 0 Å². The number of methoxy groups -OCH3 is 2. The Kier molecular flexibility index (Phi) is 3.96. The Morgan fingerprint density at radius 2 is 1.67 bits per heavy atom. The molecule has 0 radical (unpaired) electrons. The zero-order chi connectivity index (χ0) is 16.5. The van der Waals surface area contributed by atoms with Crippen molar-refractivity contribution in [2.75, 3.05) is 14.2 Å². The van der Waals surface area contributed by atoms with Crippen molar-refractivity contribution in [3.8, 4) is 31.8 Å². The van der Waals surface area contributed by atoms with Crippen molar-refractivity contribution in [2.24, 2.45) is 0 Å². The lowest BCUT2D eigenvalue weighted by atomic mass is 10.1. The number of fused-ring (bicyclic) bond motifs is 1. The summed E-state index contributed by atoms with van der Waals surface area (Å²) in [6.07, 6.45) is 0. The molecule has 24 heavy (non-hydrogen) atoms. The SMILES string of the molecule is COc1ccc(-c2ccc(-c3nc4ccccc4s3)s2)c(OC)c1. The number of hydrogen-bond donors (Lipinski definition) is 0. The third-order valence-corrected chi connectivity index (χ3v) is 6.11. The van der Waals surface area contributed by atoms with E-state index in [0.29, 0.717) is 0 Å². The van der Waals surface area contributed by atoms with E-state index in [1.807, 2.05) is 30.3 Å². The van der Waals surface area contributed by atoms with Crippen LogP contribution in [-0.4, -0.2) is 19.2 Å². The minimum Gasteiger partial charge on any atom is -0.497 e. The number of ether oxygens (including phenoxy) is 2. The quantitative estimate of drug-likeness (QED) is 0.471. The molecule has 0 N–H and O–H groups in total. The number of rotatable bonds is 4. The van der Waals surface area contributed by atoms with E-state index in [1.54, 1.807) is 36.9 Å². The van der Waals surface area contributed by atoms with Crippen LogP contribution in [0.15, 0.2) is 54.6 Å². The molecule has 0 atom stereocenters. The Morgan fingerprint density at radius 3 is 2.46 bits per heavy atom. The molecule has 2 heterocycles. The van der Waals surface area contributed by atoms with Gasteiger partial charge in [0.05, 0.1) is 29.3 Å². The number of benzene rings is 2. The van der Waals surface area contributed by atoms with E-state index in [4.69, 9.17) is 14.5 Å². The van der Waals surface area contributed by atoms with Crippen molar-refractivity contribution in [3.05, 3.63) is 54.6 Å². The molecule has 0 aliphatic carbocycles. The molecule has 0 aliphatic rings. The van der Waals surface area contributed by atoms with Gasteiger partial charge in [-0.05, 0) is 36.4 Å². The van der Waals surface area contributed by atoms with Crippen molar-refractivity contribution < 1.29 is 9.47 Å². The summed E-state index contributed by atoms with van der Waals surface area (Å²) in [4.78, 5) is 7.06. The van der Waals surface area contributed by atoms with Crippen LogP contribution in [-0.2, 0) is 0 Å². The fourth-order valence-electron chi connectivity index (χ4n) is 2.58. The van der Waals surface area contributed by atoms with Crippen LogP contribution in [0.5, 0.6) is 11.5 Å². The monoisotopic (exact) mass is 353 g/mol. The van der Waals surface area contributed by atoms with Crippen LogP contribution in [0.25, 0.3) is 30.5 Å². The highest BCUT2D eigenvalue weighted by molar-refractivity contribution is 7.26. The number of hydrogen-bond acceptors (Lipinski definition) is 5. The Morgan fingerprint density at radius 1 is 0.833 bits per heavy atom. The molecule has 2 aromatic heterocycles. The molecule has 4 rings (SSSR count). The number of aromatic nitrogens is 1. The number of thiazole rings is 1. The predicted octanol–water partition coefficient (Wildman–Crippen LogP) is 5.71. The summed E-state index contributed by atoms with van der Waals surface area (Å²) in [6.45, 7) is 0. The summed E-state index contributed by atoms with van der Waals surface area (Å²) >= 11 is 3.45. The van der Waals surface area contributed by atoms with Gasteiger partial charge in [-0.3, -0.25) is 0 Å². The minimum atomic E-state index is 0.790. The topological polar surface area (TPSA) is 31.4 Å². The summed E-state index contributed by atoms with van der Waals surface area (Å²) in [7, 11) is 3.34. The lowest BCUT2D eigenvalue weighted by Crippen LogP contribution is -1.89. The molecule has 3 nitrogen and oxygen atoms in total. The van der Waals surface area contributed by atoms with Gasteiger partial charge in [0.2, 0.25) is 0 Å². The first-order valence-corrected chi connectivity index (χ1v) is 9.10. The van der Waals surface area contributed by atoms with Crippen molar-refractivity contribution in [1.29, 1.82) is 0 Å². The fraction of sp³-hybridized carbons (Fsp3) is 0.105. The molecule has 5 heteroatoms. The van der Waals surface area contributed by atoms with E-state index in [2.05, 4.69) is 24.3 Å². The van der Waals surface area contributed by atoms with Crippen LogP contribution in [0.2, 0.25) is 0 Å². The second kappa shape index (κ2) is 6.26. The molecule has 0 amide bonds. The van der Waals surface area contributed by atoms with Gasteiger partial charge in [0.25, 0.3) is 0 Å². The summed E-state index contributed by atoms with van der Waals surface area (Å²) in [5.74, 6) is 1.60. The smallest absolute Gasteiger partial charge is 0.134 e. The summed E-state index contributed by atoms with van der Waals surface area (Å²) in [5, 5.41) is 1.06. The number of para-hydroxylation sites is 1. The Labute approximate surface area is 148 Å². The first kappa shape index (κ1) is 15.2. The van der Waals surface area contributed by atoms with Gasteiger partial charge in [0, 0.05) is 16.5 Å². The molecule has 0 saturated carbocycles. The van der Waals surface area contributed by atoms with E-state index in [-0.39, 0.29) is 0 Å². The zero-order valence-electron chi connectivity index (χ0n) is 13.3. The highest BCUT2D eigenvalue weighted by Gasteiger charge is 2.13. The highest BCUT2D eigenvalue weighted by atomic mass is 32.1. The second-order valence-electron chi connectivity index (χ2n) is 5.22. The normalized spacial score (nSPS) is 10.9. The van der Waals surface area contributed by atoms with Crippen molar-refractivity contribution in [2.45, 2.75) is 0 Å². The molecule has 0 aliphatic heterocycles. The molecule has 0 spiro atoms. The molecule has 120 valence electrons. The van der Waals surface area contributed by atoms with Crippen LogP contribution in [0.4, 0.5) is 0 Å². The third kappa shape index (κ3) is 2.66. The molecular weight excluding hydrogens is 338 g/mol. The lowest BCUT2D eigenvalue weighted by molar-refractivity contribution is 0.395. The largest absolute Gasteiger partial charge is 0.497 e. The lowest BCUT2D eigenvalue weighted by Gasteiger charge is -2.08. The van der Waals surface area contributed by atoms with Gasteiger partial charge in [-0.1, -0.05) is 12.1 Å². The average Bonchev–Trinajstić information content (AvgIpc) is 3.27. The predicted molar refractivity (Wildman–Crippen MR) is 101 cm³/mol. The maximum atomic E-state index is 5.52. The van der Waals surface area contributed by atoms with E-state index in [1.165, 1.54) is 9.58 Å². The van der Waals surface area contributed by atoms with Gasteiger partial charge in [-0.15, -0.1) is 22.7 Å². The van der Waals surface area contributed by atoms with Gasteiger partial charge in [0.15, 0.2) is 0 Å². The number of thiophene rings is 1. The van der Waals surface area contributed by atoms with Crippen LogP contribution < -0.4 is 9.47 Å². The first-order valence-electron chi connectivity index (χ1n) is 7.46. The molecule has 0 fully saturated rings. The van der Waals surface area contributed by atoms with Gasteiger partial charge in [-0.25, -0.2) is 4.98 Å². The summed E-state index contributed by atoms with van der Waals surface area (Å²) in [5.41, 5.74) is 2.12. The molecule has 0 unspecified atom stereocenters. The van der Waals surface area contributed by atoms with Crippen molar-refractivity contribution in [3.63, 3.8) is 0 Å². The van der Waals surface area contributed by atoms with Crippen LogP contribution >= 0.6 is 22.7 Å². The Bertz CT molecular complexity index is 970. The molecule has 0 saturated heterocycles. The number of nitrogens with zero attached hydrogens (tertiary/aromatic N) is 1. The van der Waals surface area contributed by atoms with Gasteiger partial charge < -0.3 is 9.47 Å². The molecule has 4 aromatic rings. The standard InChI is InChI=1S/C19H15NO2S2/c1-21-12-7-8-13(15(11-12)22-2)16-9-10-18(23-16)19-20-14-5-3-4-6-17(14)24-19/h3-11H,1-2H3. The maximum Gasteiger partial charge on any atom is 0.134 e. The summed E-state index contributed by atoms with van der Waals surface area (Å²) < 4.78 is 12.0. The van der Waals surface area contributed by atoms with Crippen molar-refractivity contribution >= 4 is 32.9 Å². The Hall–Kier alpha value is -2.37. The van der Waals surface area contributed by atoms with Gasteiger partial charge in [0.1, 0.15) is 16.5 Å². The van der Waals surface area contributed by atoms with E-state index in [9.17, 15) is 0 Å². The molecular formula is C19H15NO2S2. The zero-order valence-corrected chi connectivity index (χ0v) is 14.9. The fourth-order valence-corrected chi connectivity index (χ4v) is 4.63. The third-order valence-electron chi connectivity index (χ3n) is 3.78. The highest BCUT2D eigenvalue weighted by Crippen LogP contribution is 2.41. The first-order chi connectivity index (χ1) is 11.8. The van der Waals surface area contributed by atoms with E-state index >= 15 is 0 Å². The average molecular weight is 353 g/mol. The maximum absolute atomic E-state index is 5.52.